The zero-order valence-electron chi connectivity index (χ0n) is 17.9. The van der Waals surface area contributed by atoms with Crippen LogP contribution < -0.4 is 0 Å². The molecule has 0 aliphatic carbocycles. The Morgan fingerprint density at radius 3 is 2.55 bits per heavy atom. The van der Waals surface area contributed by atoms with Gasteiger partial charge in [0.1, 0.15) is 6.10 Å². The number of hydrogen-bond acceptors (Lipinski definition) is 4. The van der Waals surface area contributed by atoms with Gasteiger partial charge >= 0.3 is 5.97 Å². The van der Waals surface area contributed by atoms with Crippen molar-refractivity contribution in [3.63, 3.8) is 0 Å². The molecule has 4 nitrogen and oxygen atoms in total. The fourth-order valence-electron chi connectivity index (χ4n) is 2.85. The lowest BCUT2D eigenvalue weighted by Gasteiger charge is -2.19. The highest BCUT2D eigenvalue weighted by molar-refractivity contribution is 5.88. The van der Waals surface area contributed by atoms with Crippen LogP contribution in [0.5, 0.6) is 0 Å². The first kappa shape index (κ1) is 24.9. The van der Waals surface area contributed by atoms with Crippen LogP contribution in [0, 0.1) is 11.8 Å². The molecule has 4 heteroatoms. The Balaban J connectivity index is 2.53. The van der Waals surface area contributed by atoms with Crippen LogP contribution in [0.1, 0.15) is 70.8 Å². The third kappa shape index (κ3) is 12.9. The zero-order valence-corrected chi connectivity index (χ0v) is 17.9. The van der Waals surface area contributed by atoms with Crippen LogP contribution in [0.4, 0.5) is 0 Å². The fourth-order valence-corrected chi connectivity index (χ4v) is 2.85. The van der Waals surface area contributed by atoms with Crippen LogP contribution in [-0.4, -0.2) is 29.9 Å². The van der Waals surface area contributed by atoms with Gasteiger partial charge in [-0.05, 0) is 25.3 Å². The largest absolute Gasteiger partial charge is 0.456 e. The molecule has 1 rings (SSSR count). The number of carbonyl (C=O) groups is 1. The van der Waals surface area contributed by atoms with E-state index in [1.165, 1.54) is 32.1 Å². The van der Waals surface area contributed by atoms with Crippen molar-refractivity contribution in [2.45, 2.75) is 84.0 Å². The summed E-state index contributed by atoms with van der Waals surface area (Å²) in [7, 11) is 0. The molecule has 0 unspecified atom stereocenters. The Morgan fingerprint density at radius 1 is 1.10 bits per heavy atom. The van der Waals surface area contributed by atoms with Crippen LogP contribution in [0.2, 0.25) is 0 Å². The van der Waals surface area contributed by atoms with E-state index in [0.29, 0.717) is 13.2 Å². The molecule has 0 amide bonds. The van der Waals surface area contributed by atoms with E-state index in [0.717, 1.165) is 18.4 Å². The second-order valence-corrected chi connectivity index (χ2v) is 7.04. The highest BCUT2D eigenvalue weighted by atomic mass is 16.5. The molecule has 29 heavy (non-hydrogen) atoms. The van der Waals surface area contributed by atoms with Crippen LogP contribution in [0.25, 0.3) is 0 Å². The van der Waals surface area contributed by atoms with Crippen molar-refractivity contribution >= 4 is 5.97 Å². The number of rotatable bonds is 14. The summed E-state index contributed by atoms with van der Waals surface area (Å²) < 4.78 is 10.7. The Bertz CT molecular complexity index is 627. The summed E-state index contributed by atoms with van der Waals surface area (Å²) in [6.07, 6.45) is 11.4. The van der Waals surface area contributed by atoms with Gasteiger partial charge in [0.15, 0.2) is 0 Å². The monoisotopic (exact) mass is 400 g/mol. The van der Waals surface area contributed by atoms with Crippen molar-refractivity contribution in [2.75, 3.05) is 6.61 Å². The molecule has 0 saturated carbocycles. The number of benzene rings is 1. The third-order valence-electron chi connectivity index (χ3n) is 4.49. The van der Waals surface area contributed by atoms with Gasteiger partial charge in [-0.1, -0.05) is 87.4 Å². The summed E-state index contributed by atoms with van der Waals surface area (Å²) in [4.78, 5) is 11.3. The van der Waals surface area contributed by atoms with E-state index in [9.17, 15) is 9.90 Å². The smallest absolute Gasteiger partial charge is 0.384 e. The second-order valence-electron chi connectivity index (χ2n) is 7.04. The molecule has 0 radical (unpaired) electrons. The molecule has 0 spiro atoms. The highest BCUT2D eigenvalue weighted by Gasteiger charge is 2.16. The first-order chi connectivity index (χ1) is 14.2. The summed E-state index contributed by atoms with van der Waals surface area (Å²) >= 11 is 0. The predicted molar refractivity (Wildman–Crippen MR) is 117 cm³/mol. The summed E-state index contributed by atoms with van der Waals surface area (Å²) in [5.41, 5.74) is 1.05. The number of unbranched alkanes of at least 4 members (excludes halogenated alkanes) is 6. The van der Waals surface area contributed by atoms with Gasteiger partial charge in [-0.15, -0.1) is 0 Å². The molecule has 0 bridgehead atoms. The first-order valence-corrected chi connectivity index (χ1v) is 10.8. The molecule has 1 aromatic rings. The Kier molecular flexibility index (Phi) is 14.5. The molecule has 1 N–H and O–H groups in total. The molecular weight excluding hydrogens is 364 g/mol. The Morgan fingerprint density at radius 2 is 1.83 bits per heavy atom. The van der Waals surface area contributed by atoms with Crippen LogP contribution in [0.15, 0.2) is 42.5 Å². The number of carbonyl (C=O) groups excluding carboxylic acids is 1. The van der Waals surface area contributed by atoms with Crippen molar-refractivity contribution in [1.82, 2.24) is 0 Å². The third-order valence-corrected chi connectivity index (χ3v) is 4.49. The van der Waals surface area contributed by atoms with E-state index in [4.69, 9.17) is 9.47 Å². The molecule has 0 fully saturated rings. The number of aliphatic hydroxyl groups is 1. The number of aliphatic hydroxyl groups excluding tert-OH is 1. The Labute approximate surface area is 176 Å². The molecule has 160 valence electrons. The summed E-state index contributed by atoms with van der Waals surface area (Å²) in [5, 5.41) is 10.5. The number of esters is 1. The van der Waals surface area contributed by atoms with Gasteiger partial charge in [0, 0.05) is 12.3 Å². The average molecular weight is 401 g/mol. The molecule has 2 atom stereocenters. The number of hydrogen-bond donors (Lipinski definition) is 1. The first-order valence-electron chi connectivity index (χ1n) is 10.8. The minimum absolute atomic E-state index is 0.152. The molecule has 0 heterocycles. The van der Waals surface area contributed by atoms with Crippen molar-refractivity contribution in [1.29, 1.82) is 0 Å². The quantitative estimate of drug-likeness (QED) is 0.153. The van der Waals surface area contributed by atoms with Gasteiger partial charge in [-0.3, -0.25) is 0 Å². The van der Waals surface area contributed by atoms with Crippen molar-refractivity contribution in [2.24, 2.45) is 0 Å². The van der Waals surface area contributed by atoms with Crippen LogP contribution >= 0.6 is 0 Å². The van der Waals surface area contributed by atoms with Gasteiger partial charge in [0.2, 0.25) is 0 Å². The van der Waals surface area contributed by atoms with Crippen molar-refractivity contribution < 1.29 is 19.4 Å². The van der Waals surface area contributed by atoms with Gasteiger partial charge < -0.3 is 14.6 Å². The zero-order chi connectivity index (χ0) is 21.2. The normalized spacial score (nSPS) is 12.9. The average Bonchev–Trinajstić information content (AvgIpc) is 2.73. The molecular formula is C25H36O4. The van der Waals surface area contributed by atoms with E-state index in [1.54, 1.807) is 6.92 Å². The van der Waals surface area contributed by atoms with E-state index in [1.807, 2.05) is 36.4 Å². The van der Waals surface area contributed by atoms with Gasteiger partial charge in [0.25, 0.3) is 0 Å². The van der Waals surface area contributed by atoms with E-state index < -0.39 is 18.2 Å². The maximum Gasteiger partial charge on any atom is 0.384 e. The minimum Gasteiger partial charge on any atom is -0.456 e. The van der Waals surface area contributed by atoms with E-state index >= 15 is 0 Å². The molecule has 0 aromatic heterocycles. The SMILES string of the molecule is CCCCCCCC/C=C/[C@H](OCc1ccccc1)[C@H](O)CC#CC(=O)OCC. The van der Waals surface area contributed by atoms with E-state index in [-0.39, 0.29) is 6.42 Å². The Hall–Kier alpha value is -2.09. The standard InChI is InChI=1S/C25H36O4/c1-3-5-6-7-8-9-10-14-19-24(29-21-22-16-12-11-13-17-22)23(26)18-15-20-25(27)28-4-2/h11-14,16-17,19,23-24,26H,3-10,18,21H2,1-2H3/b19-14+/t23-,24+/m1/s1. The molecule has 1 aromatic carbocycles. The lowest BCUT2D eigenvalue weighted by atomic mass is 10.1. The molecule has 0 aliphatic heterocycles. The lowest BCUT2D eigenvalue weighted by Crippen LogP contribution is -2.26. The number of ether oxygens (including phenoxy) is 2. The summed E-state index contributed by atoms with van der Waals surface area (Å²) in [6.45, 7) is 4.66. The van der Waals surface area contributed by atoms with Crippen LogP contribution in [0.3, 0.4) is 0 Å². The van der Waals surface area contributed by atoms with Crippen LogP contribution in [-0.2, 0) is 20.9 Å². The maximum absolute atomic E-state index is 11.3. The molecule has 0 aliphatic rings. The maximum atomic E-state index is 11.3. The second kappa shape index (κ2) is 16.8. The minimum atomic E-state index is -0.804. The topological polar surface area (TPSA) is 55.8 Å². The van der Waals surface area contributed by atoms with Gasteiger partial charge in [-0.2, -0.15) is 0 Å². The van der Waals surface area contributed by atoms with Crippen molar-refractivity contribution in [3.05, 3.63) is 48.0 Å². The summed E-state index contributed by atoms with van der Waals surface area (Å²) in [6, 6.07) is 9.86. The lowest BCUT2D eigenvalue weighted by molar-refractivity contribution is -0.136. The number of allylic oxidation sites excluding steroid dienone is 1. The van der Waals surface area contributed by atoms with Crippen molar-refractivity contribution in [3.8, 4) is 11.8 Å². The van der Waals surface area contributed by atoms with E-state index in [2.05, 4.69) is 24.8 Å². The van der Waals surface area contributed by atoms with Gasteiger partial charge in [-0.25, -0.2) is 4.79 Å². The van der Waals surface area contributed by atoms with Gasteiger partial charge in [0.05, 0.1) is 19.3 Å². The molecule has 0 saturated heterocycles. The fraction of sp³-hybridized carbons (Fsp3) is 0.560. The highest BCUT2D eigenvalue weighted by Crippen LogP contribution is 2.12. The summed E-state index contributed by atoms with van der Waals surface area (Å²) in [5.74, 6) is 4.51. The predicted octanol–water partition coefficient (Wildman–Crippen LogP) is 5.20.